The molecular formula is C10H15NO2S. The second-order valence-electron chi connectivity index (χ2n) is 3.41. The van der Waals surface area contributed by atoms with Gasteiger partial charge in [-0.3, -0.25) is 9.69 Å². The van der Waals surface area contributed by atoms with E-state index in [4.69, 9.17) is 5.11 Å². The molecule has 0 spiro atoms. The minimum atomic E-state index is -0.768. The molecule has 0 aromatic carbocycles. The van der Waals surface area contributed by atoms with E-state index in [1.54, 1.807) is 11.3 Å². The Kier molecular flexibility index (Phi) is 4.10. The SMILES string of the molecule is Cc1ccsc1CCN(C)CC(=O)O. The average Bonchev–Trinajstić information content (AvgIpc) is 2.46. The number of carboxylic acid groups (broad SMARTS) is 1. The van der Waals surface area contributed by atoms with Crippen molar-refractivity contribution < 1.29 is 9.90 Å². The lowest BCUT2D eigenvalue weighted by molar-refractivity contribution is -0.137. The second kappa shape index (κ2) is 5.12. The molecule has 4 heteroatoms. The Balaban J connectivity index is 2.34. The maximum atomic E-state index is 10.4. The lowest BCUT2D eigenvalue weighted by atomic mass is 10.2. The first-order valence-corrected chi connectivity index (χ1v) is 5.41. The maximum Gasteiger partial charge on any atom is 0.317 e. The highest BCUT2D eigenvalue weighted by atomic mass is 32.1. The van der Waals surface area contributed by atoms with E-state index in [0.717, 1.165) is 13.0 Å². The first-order chi connectivity index (χ1) is 6.59. The van der Waals surface area contributed by atoms with Crippen LogP contribution in [0.5, 0.6) is 0 Å². The normalized spacial score (nSPS) is 10.8. The van der Waals surface area contributed by atoms with Crippen LogP contribution in [0.1, 0.15) is 10.4 Å². The van der Waals surface area contributed by atoms with E-state index in [1.807, 2.05) is 11.9 Å². The van der Waals surface area contributed by atoms with Crippen LogP contribution in [-0.4, -0.2) is 36.1 Å². The van der Waals surface area contributed by atoms with E-state index in [1.165, 1.54) is 10.4 Å². The number of aliphatic carboxylic acids is 1. The van der Waals surface area contributed by atoms with E-state index in [-0.39, 0.29) is 6.54 Å². The molecule has 0 aliphatic rings. The Morgan fingerprint density at radius 1 is 1.64 bits per heavy atom. The van der Waals surface area contributed by atoms with Crippen molar-refractivity contribution in [3.8, 4) is 0 Å². The molecule has 1 N–H and O–H groups in total. The van der Waals surface area contributed by atoms with E-state index < -0.39 is 5.97 Å². The molecule has 1 heterocycles. The number of carboxylic acids is 1. The van der Waals surface area contributed by atoms with Crippen molar-refractivity contribution in [1.29, 1.82) is 0 Å². The lowest BCUT2D eigenvalue weighted by Gasteiger charge is -2.12. The zero-order chi connectivity index (χ0) is 10.6. The molecule has 0 saturated carbocycles. The van der Waals surface area contributed by atoms with Gasteiger partial charge in [0.1, 0.15) is 0 Å². The lowest BCUT2D eigenvalue weighted by Crippen LogP contribution is -2.27. The minimum absolute atomic E-state index is 0.115. The first kappa shape index (κ1) is 11.2. The molecule has 0 amide bonds. The Bertz CT molecular complexity index is 309. The standard InChI is InChI=1S/C10H15NO2S/c1-8-4-6-14-9(8)3-5-11(2)7-10(12)13/h4,6H,3,5,7H2,1-2H3,(H,12,13). The van der Waals surface area contributed by atoms with Gasteiger partial charge in [0.25, 0.3) is 0 Å². The topological polar surface area (TPSA) is 40.5 Å². The van der Waals surface area contributed by atoms with Crippen LogP contribution in [-0.2, 0) is 11.2 Å². The summed E-state index contributed by atoms with van der Waals surface area (Å²) in [5.41, 5.74) is 1.30. The summed E-state index contributed by atoms with van der Waals surface area (Å²) >= 11 is 1.74. The van der Waals surface area contributed by atoms with Gasteiger partial charge in [-0.05, 0) is 37.4 Å². The highest BCUT2D eigenvalue weighted by Gasteiger charge is 2.05. The van der Waals surface area contributed by atoms with Gasteiger partial charge in [0.15, 0.2) is 0 Å². The summed E-state index contributed by atoms with van der Waals surface area (Å²) in [5.74, 6) is -0.768. The third-order valence-electron chi connectivity index (χ3n) is 2.09. The first-order valence-electron chi connectivity index (χ1n) is 4.53. The zero-order valence-electron chi connectivity index (χ0n) is 8.49. The van der Waals surface area contributed by atoms with Gasteiger partial charge in [-0.2, -0.15) is 0 Å². The summed E-state index contributed by atoms with van der Waals surface area (Å²) in [4.78, 5) is 13.6. The van der Waals surface area contributed by atoms with Gasteiger partial charge in [-0.25, -0.2) is 0 Å². The molecule has 0 unspecified atom stereocenters. The fourth-order valence-corrected chi connectivity index (χ4v) is 2.16. The van der Waals surface area contributed by atoms with Gasteiger partial charge in [0, 0.05) is 11.4 Å². The number of carbonyl (C=O) groups is 1. The molecule has 0 saturated heterocycles. The predicted octanol–water partition coefficient (Wildman–Crippen LogP) is 1.62. The molecule has 0 atom stereocenters. The maximum absolute atomic E-state index is 10.4. The number of nitrogens with zero attached hydrogens (tertiary/aromatic N) is 1. The van der Waals surface area contributed by atoms with Crippen LogP contribution >= 0.6 is 11.3 Å². The fourth-order valence-electron chi connectivity index (χ4n) is 1.26. The van der Waals surface area contributed by atoms with Crippen LogP contribution in [0.2, 0.25) is 0 Å². The molecule has 0 bridgehead atoms. The van der Waals surface area contributed by atoms with Crippen LogP contribution in [0.3, 0.4) is 0 Å². The molecule has 0 aliphatic carbocycles. The molecule has 0 radical (unpaired) electrons. The highest BCUT2D eigenvalue weighted by Crippen LogP contribution is 2.15. The molecule has 1 rings (SSSR count). The van der Waals surface area contributed by atoms with Gasteiger partial charge in [-0.1, -0.05) is 0 Å². The van der Waals surface area contributed by atoms with Crippen LogP contribution < -0.4 is 0 Å². The number of hydrogen-bond acceptors (Lipinski definition) is 3. The number of likely N-dealkylation sites (N-methyl/N-ethyl adjacent to an activating group) is 1. The van der Waals surface area contributed by atoms with Crippen molar-refractivity contribution in [3.05, 3.63) is 21.9 Å². The summed E-state index contributed by atoms with van der Waals surface area (Å²) in [5, 5.41) is 10.6. The van der Waals surface area contributed by atoms with Gasteiger partial charge in [0.2, 0.25) is 0 Å². The molecule has 14 heavy (non-hydrogen) atoms. The summed E-state index contributed by atoms with van der Waals surface area (Å²) in [6.07, 6.45) is 0.938. The molecule has 0 fully saturated rings. The van der Waals surface area contributed by atoms with E-state index >= 15 is 0 Å². The molecule has 1 aromatic rings. The molecule has 0 aliphatic heterocycles. The Hall–Kier alpha value is -0.870. The zero-order valence-corrected chi connectivity index (χ0v) is 9.30. The van der Waals surface area contributed by atoms with Crippen molar-refractivity contribution in [3.63, 3.8) is 0 Å². The summed E-state index contributed by atoms with van der Waals surface area (Å²) in [7, 11) is 1.83. The van der Waals surface area contributed by atoms with Crippen molar-refractivity contribution in [2.45, 2.75) is 13.3 Å². The highest BCUT2D eigenvalue weighted by molar-refractivity contribution is 7.10. The summed E-state index contributed by atoms with van der Waals surface area (Å²) < 4.78 is 0. The monoisotopic (exact) mass is 213 g/mol. The predicted molar refractivity (Wildman–Crippen MR) is 57.9 cm³/mol. The summed E-state index contributed by atoms with van der Waals surface area (Å²) in [6.45, 7) is 3.00. The van der Waals surface area contributed by atoms with E-state index in [2.05, 4.69) is 18.4 Å². The average molecular weight is 213 g/mol. The van der Waals surface area contributed by atoms with Crippen molar-refractivity contribution in [1.82, 2.24) is 4.90 Å². The fraction of sp³-hybridized carbons (Fsp3) is 0.500. The van der Waals surface area contributed by atoms with Crippen LogP contribution in [0.4, 0.5) is 0 Å². The molecule has 1 aromatic heterocycles. The van der Waals surface area contributed by atoms with E-state index in [0.29, 0.717) is 0 Å². The number of hydrogen-bond donors (Lipinski definition) is 1. The van der Waals surface area contributed by atoms with Gasteiger partial charge >= 0.3 is 5.97 Å². The van der Waals surface area contributed by atoms with Crippen LogP contribution in [0.15, 0.2) is 11.4 Å². The Labute approximate surface area is 88.0 Å². The van der Waals surface area contributed by atoms with E-state index in [9.17, 15) is 4.79 Å². The molecular weight excluding hydrogens is 198 g/mol. The van der Waals surface area contributed by atoms with Crippen molar-refractivity contribution in [2.75, 3.05) is 20.1 Å². The Morgan fingerprint density at radius 3 is 2.86 bits per heavy atom. The third kappa shape index (κ3) is 3.47. The van der Waals surface area contributed by atoms with Gasteiger partial charge in [-0.15, -0.1) is 11.3 Å². The van der Waals surface area contributed by atoms with Crippen molar-refractivity contribution >= 4 is 17.3 Å². The Morgan fingerprint density at radius 2 is 2.36 bits per heavy atom. The number of rotatable bonds is 5. The van der Waals surface area contributed by atoms with Crippen LogP contribution in [0.25, 0.3) is 0 Å². The number of aryl methyl sites for hydroxylation is 1. The van der Waals surface area contributed by atoms with Crippen molar-refractivity contribution in [2.24, 2.45) is 0 Å². The third-order valence-corrected chi connectivity index (χ3v) is 3.18. The molecule has 78 valence electrons. The second-order valence-corrected chi connectivity index (χ2v) is 4.41. The number of thiophene rings is 1. The molecule has 3 nitrogen and oxygen atoms in total. The summed E-state index contributed by atoms with van der Waals surface area (Å²) in [6, 6.07) is 2.09. The smallest absolute Gasteiger partial charge is 0.317 e. The van der Waals surface area contributed by atoms with Gasteiger partial charge in [0.05, 0.1) is 6.54 Å². The largest absolute Gasteiger partial charge is 0.480 e. The van der Waals surface area contributed by atoms with Crippen LogP contribution in [0, 0.1) is 6.92 Å². The minimum Gasteiger partial charge on any atom is -0.480 e. The quantitative estimate of drug-likeness (QED) is 0.808. The van der Waals surface area contributed by atoms with Gasteiger partial charge < -0.3 is 5.11 Å².